The fraction of sp³-hybridized carbons (Fsp3) is 0.300. The molecule has 2 aromatic heterocycles. The van der Waals surface area contributed by atoms with Crippen molar-refractivity contribution in [3.8, 4) is 5.75 Å². The van der Waals surface area contributed by atoms with E-state index in [0.717, 1.165) is 51.2 Å². The minimum atomic E-state index is 0.244. The number of hydrogen-bond acceptors (Lipinski definition) is 2. The average molecular weight is 323 g/mol. The van der Waals surface area contributed by atoms with Gasteiger partial charge in [0.05, 0.1) is 10.9 Å². The molecule has 24 heavy (non-hydrogen) atoms. The fourth-order valence-electron chi connectivity index (χ4n) is 3.46. The van der Waals surface area contributed by atoms with E-state index in [2.05, 4.69) is 49.7 Å². The first kappa shape index (κ1) is 16.2. The molecule has 3 rings (SSSR count). The number of aromatic hydroxyl groups is 1. The van der Waals surface area contributed by atoms with Gasteiger partial charge in [0.1, 0.15) is 16.9 Å². The summed E-state index contributed by atoms with van der Waals surface area (Å²) >= 11 is 0. The molecule has 0 unspecified atom stereocenters. The molecule has 0 saturated heterocycles. The standard InChI is InChI=1S/C20H25N3O/c1-6-8-14-16(13(5)21)20-22-17-15(24)10-9-12(4)19(17)23(20)18(14)11(3)7-2/h8-10,22,24H,5-7,21H2,1-4H3/b14-8+,18-11?. The Morgan fingerprint density at radius 2 is 2.08 bits per heavy atom. The van der Waals surface area contributed by atoms with Crippen LogP contribution in [0.3, 0.4) is 0 Å². The Hall–Kier alpha value is -2.62. The molecule has 2 heterocycles. The van der Waals surface area contributed by atoms with Crippen LogP contribution < -0.4 is 16.3 Å². The number of rotatable bonds is 3. The van der Waals surface area contributed by atoms with Crippen molar-refractivity contribution in [1.29, 1.82) is 0 Å². The maximum atomic E-state index is 10.3. The number of aromatic amines is 1. The van der Waals surface area contributed by atoms with Crippen molar-refractivity contribution in [3.05, 3.63) is 40.4 Å². The molecular weight excluding hydrogens is 298 g/mol. The quantitative estimate of drug-likeness (QED) is 0.693. The van der Waals surface area contributed by atoms with Crippen LogP contribution in [0.4, 0.5) is 0 Å². The first-order valence-electron chi connectivity index (χ1n) is 8.41. The van der Waals surface area contributed by atoms with Crippen molar-refractivity contribution in [1.82, 2.24) is 9.38 Å². The smallest absolute Gasteiger partial charge is 0.141 e. The number of benzene rings is 1. The van der Waals surface area contributed by atoms with Crippen molar-refractivity contribution in [2.45, 2.75) is 40.5 Å². The Labute approximate surface area is 141 Å². The Bertz CT molecular complexity index is 1080. The number of aromatic nitrogens is 2. The van der Waals surface area contributed by atoms with Crippen molar-refractivity contribution in [3.63, 3.8) is 0 Å². The molecule has 0 radical (unpaired) electrons. The zero-order valence-corrected chi connectivity index (χ0v) is 14.8. The maximum Gasteiger partial charge on any atom is 0.141 e. The molecule has 0 spiro atoms. The zero-order valence-electron chi connectivity index (χ0n) is 14.8. The summed E-state index contributed by atoms with van der Waals surface area (Å²) in [6.07, 6.45) is 4.06. The van der Waals surface area contributed by atoms with Gasteiger partial charge in [0.15, 0.2) is 0 Å². The summed E-state index contributed by atoms with van der Waals surface area (Å²) in [5.41, 5.74) is 12.6. The van der Waals surface area contributed by atoms with Crippen LogP contribution in [0.25, 0.3) is 34.0 Å². The highest BCUT2D eigenvalue weighted by Crippen LogP contribution is 2.28. The molecule has 0 bridgehead atoms. The Kier molecular flexibility index (Phi) is 3.91. The second-order valence-corrected chi connectivity index (χ2v) is 6.34. The number of nitrogens with two attached hydrogens (primary N) is 1. The predicted octanol–water partition coefficient (Wildman–Crippen LogP) is 3.14. The summed E-state index contributed by atoms with van der Waals surface area (Å²) in [6.45, 7) is 12.5. The van der Waals surface area contributed by atoms with Crippen LogP contribution in [0.1, 0.15) is 44.7 Å². The van der Waals surface area contributed by atoms with Crippen LogP contribution in [-0.2, 0) is 0 Å². The largest absolute Gasteiger partial charge is 0.506 e. The third-order valence-electron chi connectivity index (χ3n) is 4.70. The molecule has 4 nitrogen and oxygen atoms in total. The minimum Gasteiger partial charge on any atom is -0.506 e. The van der Waals surface area contributed by atoms with Gasteiger partial charge in [0.25, 0.3) is 0 Å². The molecule has 4 heteroatoms. The van der Waals surface area contributed by atoms with Gasteiger partial charge >= 0.3 is 0 Å². The summed E-state index contributed by atoms with van der Waals surface area (Å²) in [5.74, 6) is 0.244. The average Bonchev–Trinajstić information content (AvgIpc) is 3.05. The van der Waals surface area contributed by atoms with E-state index < -0.39 is 0 Å². The molecule has 126 valence electrons. The normalized spacial score (nSPS) is 13.9. The molecule has 0 aliphatic rings. The molecule has 0 fully saturated rings. The predicted molar refractivity (Wildman–Crippen MR) is 102 cm³/mol. The van der Waals surface area contributed by atoms with Crippen molar-refractivity contribution in [2.24, 2.45) is 5.73 Å². The van der Waals surface area contributed by atoms with Gasteiger partial charge in [-0.3, -0.25) is 4.40 Å². The van der Waals surface area contributed by atoms with Crippen LogP contribution in [-0.4, -0.2) is 14.5 Å². The number of phenolic OH excluding ortho intramolecular Hbond substituents is 1. The number of phenols is 1. The summed E-state index contributed by atoms with van der Waals surface area (Å²) in [6, 6.07) is 3.66. The Balaban J connectivity index is 2.78. The lowest BCUT2D eigenvalue weighted by atomic mass is 10.1. The lowest BCUT2D eigenvalue weighted by molar-refractivity contribution is 0.480. The van der Waals surface area contributed by atoms with Gasteiger partial charge in [0.2, 0.25) is 0 Å². The number of fused-ring (bicyclic) bond motifs is 3. The van der Waals surface area contributed by atoms with E-state index >= 15 is 0 Å². The van der Waals surface area contributed by atoms with Crippen LogP contribution in [0.2, 0.25) is 0 Å². The molecule has 0 aliphatic heterocycles. The van der Waals surface area contributed by atoms with Gasteiger partial charge in [0, 0.05) is 16.5 Å². The van der Waals surface area contributed by atoms with E-state index in [-0.39, 0.29) is 5.75 Å². The molecule has 0 saturated carbocycles. The first-order chi connectivity index (χ1) is 11.4. The van der Waals surface area contributed by atoms with E-state index in [1.807, 2.05) is 6.07 Å². The topological polar surface area (TPSA) is 66.5 Å². The highest BCUT2D eigenvalue weighted by atomic mass is 16.3. The van der Waals surface area contributed by atoms with Crippen LogP contribution in [0.15, 0.2) is 18.7 Å². The second kappa shape index (κ2) is 5.78. The SMILES string of the molecule is C=C(N)c1/c(=C\CC)c(=C(C)CC)n2c1[nH]c1c(O)ccc(C)c12. The highest BCUT2D eigenvalue weighted by Gasteiger charge is 2.18. The van der Waals surface area contributed by atoms with Gasteiger partial charge in [-0.2, -0.15) is 0 Å². The highest BCUT2D eigenvalue weighted by molar-refractivity contribution is 5.92. The van der Waals surface area contributed by atoms with Gasteiger partial charge < -0.3 is 15.8 Å². The molecule has 4 N–H and O–H groups in total. The van der Waals surface area contributed by atoms with Crippen LogP contribution >= 0.6 is 0 Å². The zero-order chi connectivity index (χ0) is 17.6. The van der Waals surface area contributed by atoms with Gasteiger partial charge in [-0.15, -0.1) is 0 Å². The lowest BCUT2D eigenvalue weighted by Crippen LogP contribution is -2.30. The van der Waals surface area contributed by atoms with E-state index in [0.29, 0.717) is 5.70 Å². The monoisotopic (exact) mass is 323 g/mol. The summed E-state index contributed by atoms with van der Waals surface area (Å²) in [7, 11) is 0. The van der Waals surface area contributed by atoms with Crippen LogP contribution in [0, 0.1) is 6.92 Å². The van der Waals surface area contributed by atoms with E-state index in [1.54, 1.807) is 6.07 Å². The number of aryl methyl sites for hydroxylation is 1. The maximum absolute atomic E-state index is 10.3. The molecular formula is C20H25N3O. The number of nitrogens with zero attached hydrogens (tertiary/aromatic N) is 1. The number of H-pyrrole nitrogens is 1. The van der Waals surface area contributed by atoms with Crippen molar-refractivity contribution < 1.29 is 5.11 Å². The molecule has 1 aromatic carbocycles. The number of imidazole rings is 1. The summed E-state index contributed by atoms with van der Waals surface area (Å²) < 4.78 is 2.19. The Morgan fingerprint density at radius 3 is 2.67 bits per heavy atom. The summed E-state index contributed by atoms with van der Waals surface area (Å²) in [4.78, 5) is 3.37. The van der Waals surface area contributed by atoms with Crippen molar-refractivity contribution >= 4 is 34.0 Å². The number of hydrogen-bond donors (Lipinski definition) is 3. The van der Waals surface area contributed by atoms with Gasteiger partial charge in [-0.1, -0.05) is 32.6 Å². The first-order valence-corrected chi connectivity index (χ1v) is 8.41. The number of nitrogens with one attached hydrogen (secondary N) is 1. The van der Waals surface area contributed by atoms with E-state index in [1.165, 1.54) is 5.57 Å². The third-order valence-corrected chi connectivity index (χ3v) is 4.70. The fourth-order valence-corrected chi connectivity index (χ4v) is 3.46. The van der Waals surface area contributed by atoms with Crippen molar-refractivity contribution in [2.75, 3.05) is 0 Å². The lowest BCUT2D eigenvalue weighted by Gasteiger charge is -2.02. The van der Waals surface area contributed by atoms with E-state index in [4.69, 9.17) is 5.73 Å². The Morgan fingerprint density at radius 1 is 1.38 bits per heavy atom. The molecule has 0 aliphatic carbocycles. The minimum absolute atomic E-state index is 0.244. The van der Waals surface area contributed by atoms with Gasteiger partial charge in [-0.05, 0) is 43.9 Å². The second-order valence-electron chi connectivity index (χ2n) is 6.34. The third kappa shape index (κ3) is 2.13. The molecule has 0 amide bonds. The summed E-state index contributed by atoms with van der Waals surface area (Å²) in [5, 5.41) is 12.6. The van der Waals surface area contributed by atoms with Gasteiger partial charge in [-0.25, -0.2) is 0 Å². The molecule has 0 atom stereocenters. The molecule has 3 aromatic rings. The van der Waals surface area contributed by atoms with E-state index in [9.17, 15) is 5.11 Å². The van der Waals surface area contributed by atoms with Crippen LogP contribution in [0.5, 0.6) is 5.75 Å².